The molecule has 1 unspecified atom stereocenters. The van der Waals surface area contributed by atoms with E-state index in [4.69, 9.17) is 19.3 Å². The average Bonchev–Trinajstić information content (AvgIpc) is 3.50. The van der Waals surface area contributed by atoms with Crippen molar-refractivity contribution in [3.63, 3.8) is 0 Å². The topological polar surface area (TPSA) is 107 Å². The number of nitrogens with one attached hydrogen (secondary N) is 1. The summed E-state index contributed by atoms with van der Waals surface area (Å²) in [6, 6.07) is 21.4. The maximum absolute atomic E-state index is 13.4. The van der Waals surface area contributed by atoms with Gasteiger partial charge in [-0.15, -0.1) is 5.01 Å². The molecule has 39 heavy (non-hydrogen) atoms. The van der Waals surface area contributed by atoms with Crippen LogP contribution in [0.15, 0.2) is 84.1 Å². The number of amides is 3. The molecule has 3 amide bonds. The highest BCUT2D eigenvalue weighted by Gasteiger charge is 2.49. The number of benzene rings is 3. The number of hydrogen-bond acceptors (Lipinski definition) is 7. The third-order valence-electron chi connectivity index (χ3n) is 6.57. The van der Waals surface area contributed by atoms with Crippen molar-refractivity contribution in [2.45, 2.75) is 12.5 Å². The Balaban J connectivity index is 1.52. The molecule has 2 heterocycles. The van der Waals surface area contributed by atoms with Crippen LogP contribution in [0.5, 0.6) is 17.2 Å². The molecular formula is C29H27N5O5. The van der Waals surface area contributed by atoms with Crippen LogP contribution >= 0.6 is 0 Å². The van der Waals surface area contributed by atoms with Gasteiger partial charge in [0.25, 0.3) is 5.91 Å². The van der Waals surface area contributed by atoms with Crippen LogP contribution < -0.4 is 19.5 Å². The minimum Gasteiger partial charge on any atom is -0.497 e. The summed E-state index contributed by atoms with van der Waals surface area (Å²) in [6.07, 6.45) is 3.24. The number of hydrazone groups is 1. The van der Waals surface area contributed by atoms with Crippen molar-refractivity contribution < 1.29 is 23.8 Å². The Morgan fingerprint density at radius 3 is 2.28 bits per heavy atom. The molecule has 3 aromatic carbocycles. The van der Waals surface area contributed by atoms with Gasteiger partial charge in [0.15, 0.2) is 11.5 Å². The van der Waals surface area contributed by atoms with E-state index < -0.39 is 17.5 Å². The highest BCUT2D eigenvalue weighted by Crippen LogP contribution is 2.34. The Bertz CT molecular complexity index is 1550. The lowest BCUT2D eigenvalue weighted by atomic mass is 9.92. The van der Waals surface area contributed by atoms with E-state index in [9.17, 15) is 9.59 Å². The van der Waals surface area contributed by atoms with Crippen LogP contribution in [-0.2, 0) is 10.3 Å². The fourth-order valence-corrected chi connectivity index (χ4v) is 4.37. The lowest BCUT2D eigenvalue weighted by Gasteiger charge is -2.21. The van der Waals surface area contributed by atoms with Crippen LogP contribution in [0.2, 0.25) is 0 Å². The van der Waals surface area contributed by atoms with Crippen molar-refractivity contribution in [3.8, 4) is 34.2 Å². The second-order valence-electron chi connectivity index (χ2n) is 8.93. The summed E-state index contributed by atoms with van der Waals surface area (Å²) in [5.41, 5.74) is 2.08. The van der Waals surface area contributed by atoms with Gasteiger partial charge in [-0.05, 0) is 55.0 Å². The molecule has 1 saturated heterocycles. The lowest BCUT2D eigenvalue weighted by molar-refractivity contribution is -0.131. The molecule has 1 atom stereocenters. The molecule has 4 aromatic rings. The molecule has 1 aromatic heterocycles. The normalized spacial score (nSPS) is 17.0. The maximum atomic E-state index is 13.4. The monoisotopic (exact) mass is 525 g/mol. The van der Waals surface area contributed by atoms with Crippen molar-refractivity contribution in [1.29, 1.82) is 0 Å². The van der Waals surface area contributed by atoms with Gasteiger partial charge in [-0.1, -0.05) is 30.3 Å². The van der Waals surface area contributed by atoms with Gasteiger partial charge < -0.3 is 19.5 Å². The van der Waals surface area contributed by atoms with E-state index >= 15 is 0 Å². The van der Waals surface area contributed by atoms with Gasteiger partial charge in [-0.25, -0.2) is 9.48 Å². The average molecular weight is 526 g/mol. The van der Waals surface area contributed by atoms with Crippen molar-refractivity contribution in [2.24, 2.45) is 5.10 Å². The number of carbonyl (C=O) groups is 2. The Kier molecular flexibility index (Phi) is 6.76. The molecule has 0 spiro atoms. The van der Waals surface area contributed by atoms with Crippen LogP contribution in [0, 0.1) is 0 Å². The highest BCUT2D eigenvalue weighted by molar-refractivity contribution is 6.07. The fourth-order valence-electron chi connectivity index (χ4n) is 4.37. The van der Waals surface area contributed by atoms with Gasteiger partial charge in [0, 0.05) is 17.3 Å². The quantitative estimate of drug-likeness (QED) is 0.271. The van der Waals surface area contributed by atoms with Gasteiger partial charge in [0.1, 0.15) is 17.0 Å². The van der Waals surface area contributed by atoms with Crippen molar-refractivity contribution >= 4 is 18.2 Å². The first-order valence-corrected chi connectivity index (χ1v) is 12.1. The van der Waals surface area contributed by atoms with Crippen molar-refractivity contribution in [2.75, 3.05) is 21.3 Å². The zero-order chi connectivity index (χ0) is 27.6. The van der Waals surface area contributed by atoms with E-state index in [1.807, 2.05) is 42.5 Å². The van der Waals surface area contributed by atoms with E-state index in [0.29, 0.717) is 34.1 Å². The first kappa shape index (κ1) is 25.5. The third kappa shape index (κ3) is 4.68. The van der Waals surface area contributed by atoms with Gasteiger partial charge >= 0.3 is 6.03 Å². The molecule has 0 radical (unpaired) electrons. The van der Waals surface area contributed by atoms with Crippen molar-refractivity contribution in [1.82, 2.24) is 20.1 Å². The summed E-state index contributed by atoms with van der Waals surface area (Å²) in [5, 5.41) is 12.7. The second kappa shape index (κ2) is 10.3. The number of nitrogens with zero attached hydrogens (tertiary/aromatic N) is 4. The number of carbonyl (C=O) groups excluding carboxylic acids is 2. The Labute approximate surface area is 225 Å². The third-order valence-corrected chi connectivity index (χ3v) is 6.57. The summed E-state index contributed by atoms with van der Waals surface area (Å²) in [4.78, 5) is 26.3. The minimum atomic E-state index is -1.28. The molecule has 10 heteroatoms. The molecule has 1 aliphatic rings. The largest absolute Gasteiger partial charge is 0.497 e. The molecule has 1 fully saturated rings. The first-order chi connectivity index (χ1) is 18.9. The molecule has 1 N–H and O–H groups in total. The first-order valence-electron chi connectivity index (χ1n) is 12.1. The predicted octanol–water partition coefficient (Wildman–Crippen LogP) is 4.37. The summed E-state index contributed by atoms with van der Waals surface area (Å²) >= 11 is 0. The number of urea groups is 1. The highest BCUT2D eigenvalue weighted by atomic mass is 16.5. The zero-order valence-electron chi connectivity index (χ0n) is 21.9. The number of methoxy groups -OCH3 is 3. The fraction of sp³-hybridized carbons (Fsp3) is 0.172. The minimum absolute atomic E-state index is 0.503. The number of rotatable bonds is 8. The number of aromatic nitrogens is 2. The van der Waals surface area contributed by atoms with E-state index in [1.54, 1.807) is 69.5 Å². The van der Waals surface area contributed by atoms with Crippen LogP contribution in [0.1, 0.15) is 18.1 Å². The van der Waals surface area contributed by atoms with Crippen LogP contribution in [-0.4, -0.2) is 54.3 Å². The summed E-state index contributed by atoms with van der Waals surface area (Å²) < 4.78 is 17.7. The smallest absolute Gasteiger partial charge is 0.346 e. The molecule has 0 saturated carbocycles. The van der Waals surface area contributed by atoms with Gasteiger partial charge in [-0.3, -0.25) is 4.79 Å². The Hall–Kier alpha value is -5.12. The summed E-state index contributed by atoms with van der Waals surface area (Å²) in [7, 11) is 4.69. The standard InChI is InChI=1S/C29H27N5O5/c1-29(21-11-13-23(37-2)14-12-21)27(35)34(28(36)31-29)30-17-20-18-33(22-8-6-5-7-9-22)32-26(20)19-10-15-24(38-3)25(16-19)39-4/h5-18H,1-4H3,(H,31,36)/b30-17+. The van der Waals surface area contributed by atoms with Crippen molar-refractivity contribution in [3.05, 3.63) is 90.1 Å². The SMILES string of the molecule is COc1ccc(C2(C)NC(=O)N(/N=C/c3cn(-c4ccccc4)nc3-c3ccc(OC)c(OC)c3)C2=O)cc1. The lowest BCUT2D eigenvalue weighted by Crippen LogP contribution is -2.40. The van der Waals surface area contributed by atoms with Crippen LogP contribution in [0.3, 0.4) is 0 Å². The zero-order valence-corrected chi connectivity index (χ0v) is 21.9. The number of imide groups is 1. The van der Waals surface area contributed by atoms with E-state index in [0.717, 1.165) is 16.3 Å². The maximum Gasteiger partial charge on any atom is 0.346 e. The summed E-state index contributed by atoms with van der Waals surface area (Å²) in [5.74, 6) is 1.26. The number of ether oxygens (including phenoxy) is 3. The van der Waals surface area contributed by atoms with Crippen LogP contribution in [0.25, 0.3) is 16.9 Å². The predicted molar refractivity (Wildman–Crippen MR) is 145 cm³/mol. The van der Waals surface area contributed by atoms with Crippen LogP contribution in [0.4, 0.5) is 4.79 Å². The van der Waals surface area contributed by atoms with Gasteiger partial charge in [0.2, 0.25) is 0 Å². The summed E-state index contributed by atoms with van der Waals surface area (Å²) in [6.45, 7) is 1.65. The second-order valence-corrected chi connectivity index (χ2v) is 8.93. The van der Waals surface area contributed by atoms with E-state index in [1.165, 1.54) is 6.21 Å². The van der Waals surface area contributed by atoms with E-state index in [-0.39, 0.29) is 0 Å². The molecule has 198 valence electrons. The molecule has 5 rings (SSSR count). The molecule has 1 aliphatic heterocycles. The van der Waals surface area contributed by atoms with E-state index in [2.05, 4.69) is 10.4 Å². The Morgan fingerprint density at radius 1 is 0.897 bits per heavy atom. The number of hydrogen-bond donors (Lipinski definition) is 1. The molecule has 10 nitrogen and oxygen atoms in total. The molecule has 0 aliphatic carbocycles. The molecule has 0 bridgehead atoms. The Morgan fingerprint density at radius 2 is 1.62 bits per heavy atom. The van der Waals surface area contributed by atoms with Gasteiger partial charge in [0.05, 0.1) is 33.2 Å². The number of para-hydroxylation sites is 1. The molecular weight excluding hydrogens is 498 g/mol. The van der Waals surface area contributed by atoms with Gasteiger partial charge in [-0.2, -0.15) is 10.2 Å².